The molecular formula is C22H23N3O7S. The Morgan fingerprint density at radius 1 is 1.00 bits per heavy atom. The van der Waals surface area contributed by atoms with E-state index in [1.807, 2.05) is 6.07 Å². The van der Waals surface area contributed by atoms with Crippen LogP contribution in [-0.2, 0) is 24.3 Å². The quantitative estimate of drug-likeness (QED) is 0.640. The Labute approximate surface area is 191 Å². The molecule has 2 saturated heterocycles. The molecule has 1 atom stereocenters. The molecule has 2 heterocycles. The van der Waals surface area contributed by atoms with Crippen molar-refractivity contribution in [1.29, 1.82) is 0 Å². The SMILES string of the molecule is O=C(NC(CN1C(=O)COC1=O)c1ccccc1)c1ccc(S(=O)(=O)N2CCOCC2)cc1. The molecule has 2 fully saturated rings. The van der Waals surface area contributed by atoms with Gasteiger partial charge in [0.1, 0.15) is 0 Å². The molecule has 0 aromatic heterocycles. The van der Waals surface area contributed by atoms with Gasteiger partial charge in [0, 0.05) is 18.7 Å². The largest absolute Gasteiger partial charge is 0.439 e. The standard InChI is InChI=1S/C22H23N3O7S/c26-20-15-32-22(28)25(20)14-19(16-4-2-1-3-5-16)23-21(27)17-6-8-18(9-7-17)33(29,30)24-10-12-31-13-11-24/h1-9,19H,10-15H2,(H,23,27). The number of amides is 3. The van der Waals surface area contributed by atoms with Gasteiger partial charge in [-0.05, 0) is 29.8 Å². The summed E-state index contributed by atoms with van der Waals surface area (Å²) in [6.45, 7) is 0.827. The fourth-order valence-corrected chi connectivity index (χ4v) is 5.02. The average Bonchev–Trinajstić information content (AvgIpc) is 3.16. The Balaban J connectivity index is 1.50. The summed E-state index contributed by atoms with van der Waals surface area (Å²) in [4.78, 5) is 37.8. The van der Waals surface area contributed by atoms with E-state index in [9.17, 15) is 22.8 Å². The number of ether oxygens (including phenoxy) is 2. The number of hydrogen-bond acceptors (Lipinski definition) is 7. The van der Waals surface area contributed by atoms with Crippen LogP contribution in [0.15, 0.2) is 59.5 Å². The third-order valence-electron chi connectivity index (χ3n) is 5.44. The zero-order valence-electron chi connectivity index (χ0n) is 17.7. The normalized spacial score (nSPS) is 18.1. The van der Waals surface area contributed by atoms with Crippen LogP contribution in [0.5, 0.6) is 0 Å². The van der Waals surface area contributed by atoms with E-state index < -0.39 is 34.0 Å². The van der Waals surface area contributed by atoms with Gasteiger partial charge in [-0.25, -0.2) is 18.1 Å². The molecule has 0 aliphatic carbocycles. The van der Waals surface area contributed by atoms with Crippen molar-refractivity contribution in [3.8, 4) is 0 Å². The fourth-order valence-electron chi connectivity index (χ4n) is 3.62. The number of sulfonamides is 1. The highest BCUT2D eigenvalue weighted by atomic mass is 32.2. The lowest BCUT2D eigenvalue weighted by Crippen LogP contribution is -2.41. The molecule has 4 rings (SSSR count). The number of morpholine rings is 1. The Hall–Kier alpha value is -3.28. The van der Waals surface area contributed by atoms with Crippen LogP contribution in [0, 0.1) is 0 Å². The average molecular weight is 474 g/mol. The molecule has 0 radical (unpaired) electrons. The van der Waals surface area contributed by atoms with Crippen molar-refractivity contribution < 1.29 is 32.3 Å². The predicted molar refractivity (Wildman–Crippen MR) is 116 cm³/mol. The molecule has 1 unspecified atom stereocenters. The summed E-state index contributed by atoms with van der Waals surface area (Å²) >= 11 is 0. The van der Waals surface area contributed by atoms with Gasteiger partial charge in [0.2, 0.25) is 10.0 Å². The fraction of sp³-hybridized carbons (Fsp3) is 0.318. The van der Waals surface area contributed by atoms with Crippen LogP contribution < -0.4 is 5.32 Å². The first kappa shape index (κ1) is 22.9. The van der Waals surface area contributed by atoms with E-state index in [2.05, 4.69) is 5.32 Å². The van der Waals surface area contributed by atoms with Gasteiger partial charge in [-0.3, -0.25) is 9.59 Å². The third-order valence-corrected chi connectivity index (χ3v) is 7.35. The summed E-state index contributed by atoms with van der Waals surface area (Å²) in [7, 11) is -3.67. The third kappa shape index (κ3) is 5.05. The highest BCUT2D eigenvalue weighted by Gasteiger charge is 2.34. The van der Waals surface area contributed by atoms with Crippen molar-refractivity contribution in [1.82, 2.24) is 14.5 Å². The van der Waals surface area contributed by atoms with Gasteiger partial charge in [0.05, 0.1) is 30.7 Å². The molecule has 2 aromatic carbocycles. The topological polar surface area (TPSA) is 122 Å². The van der Waals surface area contributed by atoms with E-state index in [4.69, 9.17) is 9.47 Å². The smallest absolute Gasteiger partial charge is 0.417 e. The first-order chi connectivity index (χ1) is 15.9. The number of benzene rings is 2. The summed E-state index contributed by atoms with van der Waals surface area (Å²) < 4.78 is 36.9. The van der Waals surface area contributed by atoms with Crippen LogP contribution in [0.4, 0.5) is 4.79 Å². The molecule has 0 spiro atoms. The molecule has 2 aliphatic rings. The van der Waals surface area contributed by atoms with Gasteiger partial charge < -0.3 is 14.8 Å². The van der Waals surface area contributed by atoms with Crippen molar-refractivity contribution >= 4 is 27.9 Å². The van der Waals surface area contributed by atoms with E-state index >= 15 is 0 Å². The number of hydrogen-bond donors (Lipinski definition) is 1. The number of rotatable bonds is 7. The number of carbonyl (C=O) groups excluding carboxylic acids is 3. The molecular weight excluding hydrogens is 450 g/mol. The minimum atomic E-state index is -3.67. The molecule has 33 heavy (non-hydrogen) atoms. The maximum absolute atomic E-state index is 12.9. The summed E-state index contributed by atoms with van der Waals surface area (Å²) in [6.07, 6.45) is -0.757. The number of nitrogens with zero attached hydrogens (tertiary/aromatic N) is 2. The number of carbonyl (C=O) groups is 3. The van der Waals surface area contributed by atoms with Crippen LogP contribution in [-0.4, -0.2) is 75.0 Å². The molecule has 174 valence electrons. The van der Waals surface area contributed by atoms with Crippen LogP contribution in [0.2, 0.25) is 0 Å². The van der Waals surface area contributed by atoms with Crippen molar-refractivity contribution in [3.05, 3.63) is 65.7 Å². The van der Waals surface area contributed by atoms with Crippen LogP contribution >= 0.6 is 0 Å². The van der Waals surface area contributed by atoms with E-state index in [1.165, 1.54) is 28.6 Å². The summed E-state index contributed by atoms with van der Waals surface area (Å²) in [6, 6.07) is 13.9. The lowest BCUT2D eigenvalue weighted by Gasteiger charge is -2.26. The monoisotopic (exact) mass is 473 g/mol. The van der Waals surface area contributed by atoms with Crippen molar-refractivity contribution in [2.45, 2.75) is 10.9 Å². The molecule has 1 N–H and O–H groups in total. The minimum Gasteiger partial charge on any atom is -0.439 e. The minimum absolute atomic E-state index is 0.0864. The molecule has 0 saturated carbocycles. The van der Waals surface area contributed by atoms with E-state index in [-0.39, 0.29) is 36.7 Å². The van der Waals surface area contributed by atoms with Gasteiger partial charge in [-0.2, -0.15) is 4.31 Å². The van der Waals surface area contributed by atoms with Gasteiger partial charge in [0.25, 0.3) is 11.8 Å². The van der Waals surface area contributed by atoms with Gasteiger partial charge in [-0.1, -0.05) is 30.3 Å². The van der Waals surface area contributed by atoms with Crippen LogP contribution in [0.3, 0.4) is 0 Å². The lowest BCUT2D eigenvalue weighted by atomic mass is 10.1. The maximum atomic E-state index is 12.9. The molecule has 0 bridgehead atoms. The van der Waals surface area contributed by atoms with Gasteiger partial charge in [0.15, 0.2) is 6.61 Å². The molecule has 11 heteroatoms. The Bertz CT molecular complexity index is 1110. The number of nitrogens with one attached hydrogen (secondary N) is 1. The number of imide groups is 1. The van der Waals surface area contributed by atoms with Crippen LogP contribution in [0.25, 0.3) is 0 Å². The molecule has 10 nitrogen and oxygen atoms in total. The second kappa shape index (κ2) is 9.69. The first-order valence-electron chi connectivity index (χ1n) is 10.4. The summed E-state index contributed by atoms with van der Waals surface area (Å²) in [5.74, 6) is -0.952. The first-order valence-corrected chi connectivity index (χ1v) is 11.8. The van der Waals surface area contributed by atoms with E-state index in [0.717, 1.165) is 4.90 Å². The second-order valence-electron chi connectivity index (χ2n) is 7.54. The van der Waals surface area contributed by atoms with Crippen molar-refractivity contribution in [2.75, 3.05) is 39.5 Å². The van der Waals surface area contributed by atoms with Crippen molar-refractivity contribution in [3.63, 3.8) is 0 Å². The van der Waals surface area contributed by atoms with E-state index in [0.29, 0.717) is 18.8 Å². The Morgan fingerprint density at radius 3 is 2.27 bits per heavy atom. The molecule has 3 amide bonds. The van der Waals surface area contributed by atoms with Crippen molar-refractivity contribution in [2.24, 2.45) is 0 Å². The second-order valence-corrected chi connectivity index (χ2v) is 9.47. The maximum Gasteiger partial charge on any atom is 0.417 e. The molecule has 2 aromatic rings. The summed E-state index contributed by atoms with van der Waals surface area (Å²) in [5, 5.41) is 2.82. The Kier molecular flexibility index (Phi) is 6.72. The summed E-state index contributed by atoms with van der Waals surface area (Å²) in [5.41, 5.74) is 0.942. The number of cyclic esters (lactones) is 1. The predicted octanol–water partition coefficient (Wildman–Crippen LogP) is 1.16. The molecule has 2 aliphatic heterocycles. The van der Waals surface area contributed by atoms with Gasteiger partial charge in [-0.15, -0.1) is 0 Å². The Morgan fingerprint density at radius 2 is 1.67 bits per heavy atom. The zero-order chi connectivity index (χ0) is 23.4. The zero-order valence-corrected chi connectivity index (χ0v) is 18.5. The van der Waals surface area contributed by atoms with Gasteiger partial charge >= 0.3 is 6.09 Å². The van der Waals surface area contributed by atoms with E-state index in [1.54, 1.807) is 24.3 Å². The van der Waals surface area contributed by atoms with Crippen LogP contribution in [0.1, 0.15) is 22.0 Å². The highest BCUT2D eigenvalue weighted by Crippen LogP contribution is 2.20. The lowest BCUT2D eigenvalue weighted by molar-refractivity contribution is -0.126. The highest BCUT2D eigenvalue weighted by molar-refractivity contribution is 7.89.